The number of aromatic nitrogens is 2. The molecule has 1 aromatic carbocycles. The van der Waals surface area contributed by atoms with Gasteiger partial charge in [0.1, 0.15) is 5.75 Å². The fourth-order valence-corrected chi connectivity index (χ4v) is 1.34. The van der Waals surface area contributed by atoms with Crippen molar-refractivity contribution < 1.29 is 13.9 Å². The number of carbonyl (C=O) groups is 1. The zero-order chi connectivity index (χ0) is 13.5. The number of hydrogen-bond acceptors (Lipinski definition) is 5. The second-order valence-corrected chi connectivity index (χ2v) is 3.54. The minimum Gasteiger partial charge on any atom is -0.484 e. The predicted molar refractivity (Wildman–Crippen MR) is 67.1 cm³/mol. The van der Waals surface area contributed by atoms with Gasteiger partial charge in [-0.3, -0.25) is 4.79 Å². The summed E-state index contributed by atoms with van der Waals surface area (Å²) in [6, 6.07) is 6.96. The Hall–Kier alpha value is -2.81. The van der Waals surface area contributed by atoms with Gasteiger partial charge in [-0.25, -0.2) is 0 Å². The third-order valence-electron chi connectivity index (χ3n) is 2.22. The summed E-state index contributed by atoms with van der Waals surface area (Å²) in [7, 11) is 0. The molecule has 1 amide bonds. The van der Waals surface area contributed by atoms with E-state index < -0.39 is 0 Å². The van der Waals surface area contributed by atoms with Crippen molar-refractivity contribution in [1.82, 2.24) is 15.5 Å². The maximum absolute atomic E-state index is 11.3. The third-order valence-corrected chi connectivity index (χ3v) is 2.22. The summed E-state index contributed by atoms with van der Waals surface area (Å²) in [5.74, 6) is 3.04. The van der Waals surface area contributed by atoms with Gasteiger partial charge in [0.15, 0.2) is 6.61 Å². The highest BCUT2D eigenvalue weighted by atomic mass is 16.5. The fraction of sp³-hybridized carbons (Fsp3) is 0.154. The van der Waals surface area contributed by atoms with Crippen LogP contribution in [0, 0.1) is 12.3 Å². The highest BCUT2D eigenvalue weighted by Crippen LogP contribution is 2.19. The van der Waals surface area contributed by atoms with Gasteiger partial charge in [-0.15, -0.1) is 16.6 Å². The van der Waals surface area contributed by atoms with Crippen LogP contribution in [0.25, 0.3) is 11.5 Å². The first-order chi connectivity index (χ1) is 9.29. The lowest BCUT2D eigenvalue weighted by Gasteiger charge is -2.05. The van der Waals surface area contributed by atoms with Crippen LogP contribution in [0.4, 0.5) is 0 Å². The maximum atomic E-state index is 11.3. The van der Waals surface area contributed by atoms with E-state index in [1.807, 2.05) is 0 Å². The molecule has 2 aromatic rings. The van der Waals surface area contributed by atoms with Crippen LogP contribution in [0.2, 0.25) is 0 Å². The Labute approximate surface area is 109 Å². The largest absolute Gasteiger partial charge is 0.484 e. The molecule has 0 aliphatic rings. The van der Waals surface area contributed by atoms with Gasteiger partial charge in [0.25, 0.3) is 5.91 Å². The molecule has 96 valence electrons. The van der Waals surface area contributed by atoms with Crippen molar-refractivity contribution in [1.29, 1.82) is 0 Å². The Kier molecular flexibility index (Phi) is 4.13. The minimum atomic E-state index is -0.265. The molecule has 2 rings (SSSR count). The monoisotopic (exact) mass is 257 g/mol. The molecule has 1 N–H and O–H groups in total. The molecule has 0 unspecified atom stereocenters. The molecule has 6 heteroatoms. The first-order valence-electron chi connectivity index (χ1n) is 5.49. The van der Waals surface area contributed by atoms with Gasteiger partial charge in [-0.1, -0.05) is 5.92 Å². The highest BCUT2D eigenvalue weighted by Gasteiger charge is 2.04. The number of nitrogens with one attached hydrogen (secondary N) is 1. The van der Waals surface area contributed by atoms with Crippen molar-refractivity contribution in [3.8, 4) is 29.5 Å². The topological polar surface area (TPSA) is 77.2 Å². The minimum absolute atomic E-state index is 0.0818. The van der Waals surface area contributed by atoms with Crippen molar-refractivity contribution in [3.05, 3.63) is 30.7 Å². The summed E-state index contributed by atoms with van der Waals surface area (Å²) in [5, 5.41) is 9.88. The van der Waals surface area contributed by atoms with Gasteiger partial charge in [0.05, 0.1) is 6.54 Å². The average molecular weight is 257 g/mol. The number of benzene rings is 1. The third kappa shape index (κ3) is 3.57. The van der Waals surface area contributed by atoms with E-state index in [4.69, 9.17) is 15.6 Å². The van der Waals surface area contributed by atoms with Crippen molar-refractivity contribution >= 4 is 5.91 Å². The van der Waals surface area contributed by atoms with Crippen LogP contribution < -0.4 is 10.1 Å². The molecule has 0 spiro atoms. The number of hydrogen-bond donors (Lipinski definition) is 1. The molecule has 1 heterocycles. The second kappa shape index (κ2) is 6.21. The number of terminal acetylenes is 1. The van der Waals surface area contributed by atoms with Crippen LogP contribution in [0.1, 0.15) is 0 Å². The van der Waals surface area contributed by atoms with Crippen molar-refractivity contribution in [3.63, 3.8) is 0 Å². The van der Waals surface area contributed by atoms with Crippen molar-refractivity contribution in [2.75, 3.05) is 13.2 Å². The molecule has 0 radical (unpaired) electrons. The van der Waals surface area contributed by atoms with E-state index in [0.717, 1.165) is 5.56 Å². The van der Waals surface area contributed by atoms with Gasteiger partial charge in [0, 0.05) is 5.56 Å². The smallest absolute Gasteiger partial charge is 0.258 e. The number of nitrogens with zero attached hydrogens (tertiary/aromatic N) is 2. The molecule has 1 aromatic heterocycles. The number of amides is 1. The zero-order valence-electron chi connectivity index (χ0n) is 10.00. The number of carbonyl (C=O) groups excluding carboxylic acids is 1. The second-order valence-electron chi connectivity index (χ2n) is 3.54. The lowest BCUT2D eigenvalue weighted by molar-refractivity contribution is -0.122. The van der Waals surface area contributed by atoms with E-state index in [-0.39, 0.29) is 19.1 Å². The SMILES string of the molecule is C#CCNC(=O)COc1ccc(-c2nnco2)cc1. The van der Waals surface area contributed by atoms with Crippen LogP contribution in [0.5, 0.6) is 5.75 Å². The molecule has 6 nitrogen and oxygen atoms in total. The van der Waals surface area contributed by atoms with E-state index in [1.54, 1.807) is 24.3 Å². The highest BCUT2D eigenvalue weighted by molar-refractivity contribution is 5.77. The van der Waals surface area contributed by atoms with Crippen LogP contribution >= 0.6 is 0 Å². The summed E-state index contributed by atoms with van der Waals surface area (Å²) >= 11 is 0. The summed E-state index contributed by atoms with van der Waals surface area (Å²) in [6.45, 7) is 0.111. The lowest BCUT2D eigenvalue weighted by atomic mass is 10.2. The summed E-state index contributed by atoms with van der Waals surface area (Å²) in [4.78, 5) is 11.3. The average Bonchev–Trinajstić information content (AvgIpc) is 2.97. The van der Waals surface area contributed by atoms with Crippen molar-refractivity contribution in [2.45, 2.75) is 0 Å². The molecule has 0 bridgehead atoms. The molecular formula is C13H11N3O3. The van der Waals surface area contributed by atoms with Crippen molar-refractivity contribution in [2.24, 2.45) is 0 Å². The first kappa shape index (κ1) is 12.6. The van der Waals surface area contributed by atoms with Gasteiger partial charge in [-0.05, 0) is 24.3 Å². The molecule has 0 fully saturated rings. The molecule has 19 heavy (non-hydrogen) atoms. The Morgan fingerprint density at radius 3 is 2.84 bits per heavy atom. The maximum Gasteiger partial charge on any atom is 0.258 e. The zero-order valence-corrected chi connectivity index (χ0v) is 10.00. The van der Waals surface area contributed by atoms with Gasteiger partial charge in [0.2, 0.25) is 12.3 Å². The Morgan fingerprint density at radius 2 is 2.21 bits per heavy atom. The normalized spacial score (nSPS) is 9.63. The van der Waals surface area contributed by atoms with Crippen LogP contribution in [-0.4, -0.2) is 29.3 Å². The molecule has 0 aliphatic carbocycles. The van der Waals surface area contributed by atoms with E-state index in [2.05, 4.69) is 21.4 Å². The molecule has 0 saturated carbocycles. The standard InChI is InChI=1S/C13H11N3O3/c1-2-7-14-12(17)8-18-11-5-3-10(4-6-11)13-16-15-9-19-13/h1,3-6,9H,7-8H2,(H,14,17). The predicted octanol–water partition coefficient (Wildman–Crippen LogP) is 0.865. The Balaban J connectivity index is 1.89. The Morgan fingerprint density at radius 1 is 1.42 bits per heavy atom. The summed E-state index contributed by atoms with van der Waals surface area (Å²) in [6.07, 6.45) is 6.28. The number of rotatable bonds is 5. The number of ether oxygens (including phenoxy) is 1. The van der Waals surface area contributed by atoms with E-state index >= 15 is 0 Å². The summed E-state index contributed by atoms with van der Waals surface area (Å²) in [5.41, 5.74) is 0.779. The summed E-state index contributed by atoms with van der Waals surface area (Å²) < 4.78 is 10.3. The molecule has 0 saturated heterocycles. The molecular weight excluding hydrogens is 246 g/mol. The van der Waals surface area contributed by atoms with E-state index in [1.165, 1.54) is 6.39 Å². The fourth-order valence-electron chi connectivity index (χ4n) is 1.34. The van der Waals surface area contributed by atoms with Gasteiger partial charge in [-0.2, -0.15) is 0 Å². The Bertz CT molecular complexity index is 570. The van der Waals surface area contributed by atoms with Gasteiger partial charge < -0.3 is 14.5 Å². The van der Waals surface area contributed by atoms with Crippen LogP contribution in [0.15, 0.2) is 35.1 Å². The van der Waals surface area contributed by atoms with Crippen LogP contribution in [0.3, 0.4) is 0 Å². The quantitative estimate of drug-likeness (QED) is 0.804. The van der Waals surface area contributed by atoms with E-state index in [9.17, 15) is 4.79 Å². The van der Waals surface area contributed by atoms with Crippen LogP contribution in [-0.2, 0) is 4.79 Å². The van der Waals surface area contributed by atoms with Gasteiger partial charge >= 0.3 is 0 Å². The molecule has 0 aliphatic heterocycles. The lowest BCUT2D eigenvalue weighted by Crippen LogP contribution is -2.28. The molecule has 0 atom stereocenters. The first-order valence-corrected chi connectivity index (χ1v) is 5.49. The van der Waals surface area contributed by atoms with E-state index in [0.29, 0.717) is 11.6 Å².